The standard InChI is InChI=1S/C20H25NO5S/c1-16-7-9-20(27(23,24)25,15-17-5-3-2-4-6-17)19(18(16)8-12-22)21-10-13-26-14-11-21/h2-7,9,12,19H,8,10-11,13-15H2,1H3,(H,23,24,25)/t19?,20-/m1/s1. The fraction of sp³-hybridized carbons (Fsp3) is 0.450. The summed E-state index contributed by atoms with van der Waals surface area (Å²) < 4.78 is 39.8. The lowest BCUT2D eigenvalue weighted by molar-refractivity contribution is -0.107. The molecule has 27 heavy (non-hydrogen) atoms. The average Bonchev–Trinajstić information content (AvgIpc) is 2.65. The van der Waals surface area contributed by atoms with Crippen molar-refractivity contribution < 1.29 is 22.5 Å². The molecule has 1 unspecified atom stereocenters. The van der Waals surface area contributed by atoms with Crippen molar-refractivity contribution in [2.24, 2.45) is 0 Å². The van der Waals surface area contributed by atoms with E-state index in [9.17, 15) is 17.8 Å². The minimum atomic E-state index is -4.48. The van der Waals surface area contributed by atoms with E-state index in [1.54, 1.807) is 12.2 Å². The predicted molar refractivity (Wildman–Crippen MR) is 103 cm³/mol. The summed E-state index contributed by atoms with van der Waals surface area (Å²) in [5.41, 5.74) is 2.41. The maximum absolute atomic E-state index is 12.8. The molecule has 1 fully saturated rings. The Kier molecular flexibility index (Phi) is 5.95. The van der Waals surface area contributed by atoms with E-state index in [1.807, 2.05) is 42.2 Å². The summed E-state index contributed by atoms with van der Waals surface area (Å²) >= 11 is 0. The monoisotopic (exact) mass is 391 g/mol. The number of nitrogens with zero attached hydrogens (tertiary/aromatic N) is 1. The van der Waals surface area contributed by atoms with Crippen LogP contribution in [0.3, 0.4) is 0 Å². The number of rotatable bonds is 6. The number of hydrogen-bond donors (Lipinski definition) is 1. The molecule has 1 aromatic carbocycles. The summed E-state index contributed by atoms with van der Waals surface area (Å²) in [6.45, 7) is 3.93. The number of carbonyl (C=O) groups excluding carboxylic acids is 1. The number of benzene rings is 1. The van der Waals surface area contributed by atoms with E-state index in [0.29, 0.717) is 26.3 Å². The largest absolute Gasteiger partial charge is 0.379 e. The van der Waals surface area contributed by atoms with E-state index in [-0.39, 0.29) is 12.8 Å². The highest BCUT2D eigenvalue weighted by atomic mass is 32.2. The molecule has 3 rings (SSSR count). The van der Waals surface area contributed by atoms with Gasteiger partial charge in [0.1, 0.15) is 11.0 Å². The van der Waals surface area contributed by atoms with Gasteiger partial charge in [0.2, 0.25) is 0 Å². The Morgan fingerprint density at radius 3 is 2.52 bits per heavy atom. The van der Waals surface area contributed by atoms with Crippen LogP contribution in [0.15, 0.2) is 53.6 Å². The van der Waals surface area contributed by atoms with Crippen molar-refractivity contribution in [3.63, 3.8) is 0 Å². The maximum atomic E-state index is 12.8. The van der Waals surface area contributed by atoms with Gasteiger partial charge in [-0.05, 0) is 24.5 Å². The molecule has 0 spiro atoms. The smallest absolute Gasteiger partial charge is 0.276 e. The van der Waals surface area contributed by atoms with Crippen molar-refractivity contribution in [2.45, 2.75) is 30.6 Å². The number of ether oxygens (including phenoxy) is 1. The summed E-state index contributed by atoms with van der Waals surface area (Å²) in [6, 6.07) is 8.63. The second kappa shape index (κ2) is 8.06. The first-order chi connectivity index (χ1) is 12.9. The third-order valence-electron chi connectivity index (χ3n) is 5.43. The molecule has 146 valence electrons. The zero-order valence-corrected chi connectivity index (χ0v) is 16.2. The SMILES string of the molecule is CC1=C(CC=O)C(N2CCOCC2)[C@@](Cc2ccccc2)(S(=O)(=O)O)C=C1. The third-order valence-corrected chi connectivity index (χ3v) is 6.90. The van der Waals surface area contributed by atoms with Crippen molar-refractivity contribution in [2.75, 3.05) is 26.3 Å². The molecular formula is C20H25NO5S. The van der Waals surface area contributed by atoms with Crippen molar-refractivity contribution >= 4 is 16.4 Å². The molecule has 2 aliphatic rings. The summed E-state index contributed by atoms with van der Waals surface area (Å²) in [4.78, 5) is 13.4. The number of morpholine rings is 1. The van der Waals surface area contributed by atoms with Crippen LogP contribution < -0.4 is 0 Å². The van der Waals surface area contributed by atoms with Gasteiger partial charge in [-0.25, -0.2) is 0 Å². The first kappa shape index (κ1) is 19.9. The van der Waals surface area contributed by atoms with Crippen LogP contribution in [0.5, 0.6) is 0 Å². The lowest BCUT2D eigenvalue weighted by Crippen LogP contribution is -2.61. The summed E-state index contributed by atoms with van der Waals surface area (Å²) in [5, 5.41) is 0. The molecule has 0 amide bonds. The van der Waals surface area contributed by atoms with Crippen LogP contribution in [0.2, 0.25) is 0 Å². The van der Waals surface area contributed by atoms with Crippen LogP contribution in [-0.2, 0) is 26.1 Å². The van der Waals surface area contributed by atoms with Gasteiger partial charge in [0.05, 0.1) is 19.3 Å². The van der Waals surface area contributed by atoms with E-state index < -0.39 is 20.9 Å². The van der Waals surface area contributed by atoms with Gasteiger partial charge in [-0.3, -0.25) is 9.45 Å². The number of allylic oxidation sites excluding steroid dienone is 2. The van der Waals surface area contributed by atoms with Gasteiger partial charge >= 0.3 is 0 Å². The summed E-state index contributed by atoms with van der Waals surface area (Å²) in [7, 11) is -4.48. The fourth-order valence-corrected chi connectivity index (χ4v) is 5.25. The van der Waals surface area contributed by atoms with Crippen molar-refractivity contribution in [3.05, 3.63) is 59.2 Å². The Morgan fingerprint density at radius 2 is 1.93 bits per heavy atom. The van der Waals surface area contributed by atoms with E-state index >= 15 is 0 Å². The molecule has 1 aromatic rings. The van der Waals surface area contributed by atoms with E-state index in [4.69, 9.17) is 4.74 Å². The Hall–Kier alpha value is -1.80. The van der Waals surface area contributed by atoms with Crippen LogP contribution in [0.25, 0.3) is 0 Å². The zero-order chi connectivity index (χ0) is 19.5. The molecule has 7 heteroatoms. The van der Waals surface area contributed by atoms with Crippen molar-refractivity contribution in [3.8, 4) is 0 Å². The highest BCUT2D eigenvalue weighted by Crippen LogP contribution is 2.40. The number of aldehydes is 1. The summed E-state index contributed by atoms with van der Waals surface area (Å²) in [6.07, 6.45) is 4.36. The van der Waals surface area contributed by atoms with Gasteiger partial charge < -0.3 is 9.53 Å². The highest BCUT2D eigenvalue weighted by Gasteiger charge is 2.53. The number of carbonyl (C=O) groups is 1. The van der Waals surface area contributed by atoms with Gasteiger partial charge in [0, 0.05) is 19.5 Å². The molecule has 1 aliphatic heterocycles. The minimum Gasteiger partial charge on any atom is -0.379 e. The molecule has 6 nitrogen and oxygen atoms in total. The fourth-order valence-electron chi connectivity index (χ4n) is 4.09. The summed E-state index contributed by atoms with van der Waals surface area (Å²) in [5.74, 6) is 0. The topological polar surface area (TPSA) is 83.9 Å². The van der Waals surface area contributed by atoms with Crippen LogP contribution in [0.1, 0.15) is 18.9 Å². The van der Waals surface area contributed by atoms with Crippen molar-refractivity contribution in [1.82, 2.24) is 4.90 Å². The average molecular weight is 391 g/mol. The Labute approximate surface area is 160 Å². The molecule has 0 radical (unpaired) electrons. The predicted octanol–water partition coefficient (Wildman–Crippen LogP) is 2.03. The second-order valence-corrected chi connectivity index (χ2v) is 8.77. The minimum absolute atomic E-state index is 0.126. The Balaban J connectivity index is 2.16. The second-order valence-electron chi connectivity index (χ2n) is 7.06. The Morgan fingerprint density at radius 1 is 1.26 bits per heavy atom. The molecule has 0 saturated carbocycles. The van der Waals surface area contributed by atoms with Gasteiger partial charge in [0.25, 0.3) is 10.1 Å². The van der Waals surface area contributed by atoms with Gasteiger partial charge in [-0.1, -0.05) is 48.1 Å². The lowest BCUT2D eigenvalue weighted by atomic mass is 9.78. The van der Waals surface area contributed by atoms with Crippen LogP contribution in [0, 0.1) is 0 Å². The van der Waals surface area contributed by atoms with Crippen LogP contribution in [-0.4, -0.2) is 61.2 Å². The van der Waals surface area contributed by atoms with E-state index in [0.717, 1.165) is 23.0 Å². The van der Waals surface area contributed by atoms with Gasteiger partial charge in [-0.15, -0.1) is 0 Å². The molecule has 0 bridgehead atoms. The van der Waals surface area contributed by atoms with Crippen LogP contribution >= 0.6 is 0 Å². The maximum Gasteiger partial charge on any atom is 0.276 e. The first-order valence-electron chi connectivity index (χ1n) is 9.04. The van der Waals surface area contributed by atoms with Gasteiger partial charge in [-0.2, -0.15) is 8.42 Å². The first-order valence-corrected chi connectivity index (χ1v) is 10.5. The van der Waals surface area contributed by atoms with Gasteiger partial charge in [0.15, 0.2) is 0 Å². The number of hydrogen-bond acceptors (Lipinski definition) is 5. The molecule has 0 aromatic heterocycles. The van der Waals surface area contributed by atoms with Crippen LogP contribution in [0.4, 0.5) is 0 Å². The molecule has 2 atom stereocenters. The molecule has 1 heterocycles. The van der Waals surface area contributed by atoms with E-state index in [2.05, 4.69) is 0 Å². The quantitative estimate of drug-likeness (QED) is 0.590. The molecule has 1 aliphatic carbocycles. The molecule has 1 saturated heterocycles. The normalized spacial score (nSPS) is 27.0. The zero-order valence-electron chi connectivity index (χ0n) is 15.4. The van der Waals surface area contributed by atoms with Crippen molar-refractivity contribution in [1.29, 1.82) is 0 Å². The third kappa shape index (κ3) is 3.91. The Bertz CT molecular complexity index is 840. The van der Waals surface area contributed by atoms with E-state index in [1.165, 1.54) is 0 Å². The highest BCUT2D eigenvalue weighted by molar-refractivity contribution is 7.87. The lowest BCUT2D eigenvalue weighted by Gasteiger charge is -2.47. The molecular weight excluding hydrogens is 366 g/mol. The molecule has 1 N–H and O–H groups in total.